The van der Waals surface area contributed by atoms with Crippen molar-refractivity contribution in [3.8, 4) is 0 Å². The van der Waals surface area contributed by atoms with Gasteiger partial charge in [0.15, 0.2) is 0 Å². The Morgan fingerprint density at radius 1 is 1.10 bits per heavy atom. The second-order valence-corrected chi connectivity index (χ2v) is 8.80. The molecule has 0 aliphatic heterocycles. The molecule has 0 heterocycles. The Balaban J connectivity index is 2.37. The number of nitrogens with zero attached hydrogens (tertiary/aromatic N) is 1. The largest absolute Gasteiger partial charge is 0.417 e. The molecule has 0 aliphatic rings. The van der Waals surface area contributed by atoms with Gasteiger partial charge >= 0.3 is 6.18 Å². The highest BCUT2D eigenvalue weighted by Gasteiger charge is 2.36. The van der Waals surface area contributed by atoms with E-state index in [1.54, 1.807) is 31.2 Å². The molecule has 158 valence electrons. The molecule has 0 saturated carbocycles. The van der Waals surface area contributed by atoms with Crippen molar-refractivity contribution < 1.29 is 26.4 Å². The van der Waals surface area contributed by atoms with E-state index in [-0.39, 0.29) is 5.69 Å². The highest BCUT2D eigenvalue weighted by atomic mass is 35.5. The molecule has 0 radical (unpaired) electrons. The Hall–Kier alpha value is -2.26. The molecule has 0 fully saturated rings. The molecule has 2 aromatic rings. The van der Waals surface area contributed by atoms with Gasteiger partial charge in [-0.25, -0.2) is 8.42 Å². The minimum atomic E-state index is -4.77. The molecule has 2 unspecified atom stereocenters. The molecule has 1 N–H and O–H groups in total. The minimum absolute atomic E-state index is 0.306. The van der Waals surface area contributed by atoms with E-state index in [0.29, 0.717) is 10.4 Å². The van der Waals surface area contributed by atoms with Crippen molar-refractivity contribution in [2.24, 2.45) is 0 Å². The Morgan fingerprint density at radius 3 is 2.21 bits per heavy atom. The first-order valence-corrected chi connectivity index (χ1v) is 10.8. The van der Waals surface area contributed by atoms with Crippen molar-refractivity contribution in [1.82, 2.24) is 5.32 Å². The van der Waals surface area contributed by atoms with Crippen LogP contribution in [0, 0.1) is 0 Å². The molecule has 2 rings (SSSR count). The molecule has 0 bridgehead atoms. The van der Waals surface area contributed by atoms with Crippen LogP contribution in [-0.4, -0.2) is 26.6 Å². The molecule has 1 amide bonds. The third kappa shape index (κ3) is 5.63. The van der Waals surface area contributed by atoms with E-state index in [2.05, 4.69) is 5.32 Å². The van der Waals surface area contributed by atoms with E-state index in [1.807, 2.05) is 6.07 Å². The zero-order valence-electron chi connectivity index (χ0n) is 15.9. The predicted molar refractivity (Wildman–Crippen MR) is 106 cm³/mol. The van der Waals surface area contributed by atoms with Gasteiger partial charge in [-0.05, 0) is 37.6 Å². The second-order valence-electron chi connectivity index (χ2n) is 6.54. The number of rotatable bonds is 6. The van der Waals surface area contributed by atoms with Gasteiger partial charge in [0, 0.05) is 0 Å². The fourth-order valence-electron chi connectivity index (χ4n) is 2.84. The van der Waals surface area contributed by atoms with Gasteiger partial charge in [0.2, 0.25) is 15.9 Å². The van der Waals surface area contributed by atoms with Crippen molar-refractivity contribution in [2.75, 3.05) is 10.6 Å². The molecule has 2 atom stereocenters. The van der Waals surface area contributed by atoms with Crippen molar-refractivity contribution in [3.05, 3.63) is 64.7 Å². The van der Waals surface area contributed by atoms with Gasteiger partial charge < -0.3 is 5.32 Å². The number of nitrogens with one attached hydrogen (secondary N) is 1. The van der Waals surface area contributed by atoms with Crippen LogP contribution in [0.1, 0.15) is 31.0 Å². The number of amides is 1. The number of carbonyl (C=O) groups excluding carboxylic acids is 1. The van der Waals surface area contributed by atoms with E-state index in [0.717, 1.165) is 24.0 Å². The van der Waals surface area contributed by atoms with Crippen molar-refractivity contribution in [1.29, 1.82) is 0 Å². The van der Waals surface area contributed by atoms with Gasteiger partial charge in [-0.1, -0.05) is 41.9 Å². The standard InChI is InChI=1S/C19H20ClF3N2O3S/c1-12(14-7-5-4-6-8-14)24-18(26)13(2)25(29(3,27)28)15-9-10-17(20)16(11-15)19(21,22)23/h4-13H,1-3H3,(H,24,26). The number of hydrogen-bond donors (Lipinski definition) is 1. The molecule has 29 heavy (non-hydrogen) atoms. The normalized spacial score (nSPS) is 14.2. The van der Waals surface area contributed by atoms with Crippen LogP contribution in [0.3, 0.4) is 0 Å². The maximum Gasteiger partial charge on any atom is 0.417 e. The maximum absolute atomic E-state index is 13.2. The first-order valence-electron chi connectivity index (χ1n) is 8.54. The summed E-state index contributed by atoms with van der Waals surface area (Å²) in [4.78, 5) is 12.7. The van der Waals surface area contributed by atoms with Gasteiger partial charge in [-0.2, -0.15) is 13.2 Å². The monoisotopic (exact) mass is 448 g/mol. The van der Waals surface area contributed by atoms with Gasteiger partial charge in [-0.15, -0.1) is 0 Å². The molecule has 0 aliphatic carbocycles. The summed E-state index contributed by atoms with van der Waals surface area (Å²) in [5.41, 5.74) is -0.695. The first kappa shape index (κ1) is 23.0. The first-order chi connectivity index (χ1) is 13.3. The summed E-state index contributed by atoms with van der Waals surface area (Å²) in [5.74, 6) is -0.657. The molecule has 10 heteroatoms. The fraction of sp³-hybridized carbons (Fsp3) is 0.316. The summed E-state index contributed by atoms with van der Waals surface area (Å²) in [6.07, 6.45) is -3.96. The van der Waals surface area contributed by atoms with E-state index in [1.165, 1.54) is 6.92 Å². The summed E-state index contributed by atoms with van der Waals surface area (Å²) in [7, 11) is -4.08. The zero-order chi connectivity index (χ0) is 22.0. The van der Waals surface area contributed by atoms with E-state index in [9.17, 15) is 26.4 Å². The molecular formula is C19H20ClF3N2O3S. The molecule has 2 aromatic carbocycles. The summed E-state index contributed by atoms with van der Waals surface area (Å²) in [6.45, 7) is 3.02. The Morgan fingerprint density at radius 2 is 1.69 bits per heavy atom. The lowest BCUT2D eigenvalue weighted by molar-refractivity contribution is -0.137. The van der Waals surface area contributed by atoms with Gasteiger partial charge in [0.1, 0.15) is 6.04 Å². The SMILES string of the molecule is CC(NC(=O)C(C)N(c1ccc(Cl)c(C(F)(F)F)c1)S(C)(=O)=O)c1ccccc1. The average molecular weight is 449 g/mol. The number of benzene rings is 2. The summed E-state index contributed by atoms with van der Waals surface area (Å²) in [5, 5.41) is 2.12. The third-order valence-corrected chi connectivity index (χ3v) is 5.83. The van der Waals surface area contributed by atoms with Crippen LogP contribution in [0.25, 0.3) is 0 Å². The average Bonchev–Trinajstić information content (AvgIpc) is 2.61. The number of anilines is 1. The summed E-state index contributed by atoms with van der Waals surface area (Å²) in [6, 6.07) is 9.95. The topological polar surface area (TPSA) is 66.5 Å². The van der Waals surface area contributed by atoms with Gasteiger partial charge in [0.05, 0.1) is 28.6 Å². The van der Waals surface area contributed by atoms with E-state index >= 15 is 0 Å². The number of alkyl halides is 3. The van der Waals surface area contributed by atoms with Crippen molar-refractivity contribution in [3.63, 3.8) is 0 Å². The molecule has 0 spiro atoms. The Kier molecular flexibility index (Phi) is 6.85. The molecule has 0 saturated heterocycles. The number of carbonyl (C=O) groups is 1. The zero-order valence-corrected chi connectivity index (χ0v) is 17.4. The highest BCUT2D eigenvalue weighted by molar-refractivity contribution is 7.92. The number of hydrogen-bond acceptors (Lipinski definition) is 3. The lowest BCUT2D eigenvalue weighted by Gasteiger charge is -2.30. The fourth-order valence-corrected chi connectivity index (χ4v) is 4.23. The Labute approximate surface area is 172 Å². The van der Waals surface area contributed by atoms with Gasteiger partial charge in [0.25, 0.3) is 0 Å². The maximum atomic E-state index is 13.2. The van der Waals surface area contributed by atoms with Crippen LogP contribution >= 0.6 is 11.6 Å². The van der Waals surface area contributed by atoms with Gasteiger partial charge in [-0.3, -0.25) is 9.10 Å². The number of sulfonamides is 1. The van der Waals surface area contributed by atoms with Crippen molar-refractivity contribution in [2.45, 2.75) is 32.1 Å². The van der Waals surface area contributed by atoms with Crippen LogP contribution in [0.5, 0.6) is 0 Å². The highest BCUT2D eigenvalue weighted by Crippen LogP contribution is 2.37. The summed E-state index contributed by atoms with van der Waals surface area (Å²) < 4.78 is 64.8. The van der Waals surface area contributed by atoms with Crippen LogP contribution in [0.15, 0.2) is 48.5 Å². The quantitative estimate of drug-likeness (QED) is 0.712. The van der Waals surface area contributed by atoms with Crippen LogP contribution in [-0.2, 0) is 21.0 Å². The van der Waals surface area contributed by atoms with E-state index in [4.69, 9.17) is 11.6 Å². The molecular weight excluding hydrogens is 429 g/mol. The van der Waals surface area contributed by atoms with E-state index < -0.39 is 44.8 Å². The van der Waals surface area contributed by atoms with Crippen LogP contribution in [0.4, 0.5) is 18.9 Å². The smallest absolute Gasteiger partial charge is 0.348 e. The molecule has 5 nitrogen and oxygen atoms in total. The second kappa shape index (κ2) is 8.62. The lowest BCUT2D eigenvalue weighted by Crippen LogP contribution is -2.48. The molecule has 0 aromatic heterocycles. The lowest BCUT2D eigenvalue weighted by atomic mass is 10.1. The minimum Gasteiger partial charge on any atom is -0.348 e. The third-order valence-electron chi connectivity index (χ3n) is 4.26. The Bertz CT molecular complexity index is 982. The number of halogens is 4. The predicted octanol–water partition coefficient (Wildman–Crippen LogP) is 4.39. The van der Waals surface area contributed by atoms with Crippen molar-refractivity contribution >= 4 is 33.2 Å². The van der Waals surface area contributed by atoms with Crippen LogP contribution < -0.4 is 9.62 Å². The summed E-state index contributed by atoms with van der Waals surface area (Å²) >= 11 is 5.61. The van der Waals surface area contributed by atoms with Crippen LogP contribution in [0.2, 0.25) is 5.02 Å².